The SMILES string of the molecule is COc1ccc(C2CCN(C(=NCc3nnc(C)n3C)NCCN3CCOCC3)C2)cc1.I. The number of methoxy groups -OCH3 is 1. The van der Waals surface area contributed by atoms with Crippen LogP contribution in [-0.2, 0) is 18.3 Å². The number of rotatable bonds is 7. The van der Waals surface area contributed by atoms with Crippen molar-refractivity contribution in [3.8, 4) is 5.75 Å². The third kappa shape index (κ3) is 6.80. The average molecular weight is 569 g/mol. The van der Waals surface area contributed by atoms with Gasteiger partial charge in [-0.15, -0.1) is 34.2 Å². The summed E-state index contributed by atoms with van der Waals surface area (Å²) in [6.45, 7) is 9.89. The number of nitrogens with one attached hydrogen (secondary N) is 1. The van der Waals surface area contributed by atoms with Crippen molar-refractivity contribution in [2.24, 2.45) is 12.0 Å². The largest absolute Gasteiger partial charge is 0.497 e. The van der Waals surface area contributed by atoms with E-state index in [1.54, 1.807) is 7.11 Å². The van der Waals surface area contributed by atoms with Gasteiger partial charge in [-0.2, -0.15) is 0 Å². The highest BCUT2D eigenvalue weighted by molar-refractivity contribution is 14.0. The molecule has 0 bridgehead atoms. The third-order valence-electron chi connectivity index (χ3n) is 6.44. The predicted molar refractivity (Wildman–Crippen MR) is 139 cm³/mol. The first-order valence-electron chi connectivity index (χ1n) is 11.5. The van der Waals surface area contributed by atoms with E-state index in [9.17, 15) is 0 Å². The van der Waals surface area contributed by atoms with Crippen molar-refractivity contribution in [1.82, 2.24) is 29.9 Å². The van der Waals surface area contributed by atoms with E-state index in [1.807, 2.05) is 30.7 Å². The first kappa shape index (κ1) is 25.7. The van der Waals surface area contributed by atoms with E-state index in [-0.39, 0.29) is 24.0 Å². The summed E-state index contributed by atoms with van der Waals surface area (Å²) >= 11 is 0. The Kier molecular flexibility index (Phi) is 9.75. The molecule has 0 spiro atoms. The lowest BCUT2D eigenvalue weighted by molar-refractivity contribution is 0.0388. The molecule has 1 unspecified atom stereocenters. The van der Waals surface area contributed by atoms with E-state index >= 15 is 0 Å². The molecule has 0 saturated carbocycles. The minimum absolute atomic E-state index is 0. The second kappa shape index (κ2) is 12.5. The van der Waals surface area contributed by atoms with E-state index in [2.05, 4.69) is 37.4 Å². The van der Waals surface area contributed by atoms with Gasteiger partial charge in [-0.25, -0.2) is 4.99 Å². The molecule has 2 fully saturated rings. The van der Waals surface area contributed by atoms with E-state index in [1.165, 1.54) is 5.56 Å². The molecule has 33 heavy (non-hydrogen) atoms. The highest BCUT2D eigenvalue weighted by Crippen LogP contribution is 2.28. The van der Waals surface area contributed by atoms with Gasteiger partial charge in [0.1, 0.15) is 18.1 Å². The number of benzene rings is 1. The van der Waals surface area contributed by atoms with Crippen molar-refractivity contribution in [2.45, 2.75) is 25.8 Å². The van der Waals surface area contributed by atoms with Crippen LogP contribution in [0.15, 0.2) is 29.3 Å². The minimum atomic E-state index is 0. The lowest BCUT2D eigenvalue weighted by Gasteiger charge is -2.28. The van der Waals surface area contributed by atoms with Crippen molar-refractivity contribution in [2.75, 3.05) is 59.6 Å². The molecule has 2 aromatic rings. The summed E-state index contributed by atoms with van der Waals surface area (Å²) in [7, 11) is 3.69. The van der Waals surface area contributed by atoms with Crippen LogP contribution in [0.3, 0.4) is 0 Å². The highest BCUT2D eigenvalue weighted by atomic mass is 127. The molecule has 2 aliphatic heterocycles. The molecule has 10 heteroatoms. The second-order valence-corrected chi connectivity index (χ2v) is 8.45. The van der Waals surface area contributed by atoms with E-state index in [0.717, 1.165) is 82.3 Å². The smallest absolute Gasteiger partial charge is 0.194 e. The van der Waals surface area contributed by atoms with Crippen LogP contribution >= 0.6 is 24.0 Å². The third-order valence-corrected chi connectivity index (χ3v) is 6.44. The fourth-order valence-corrected chi connectivity index (χ4v) is 4.25. The van der Waals surface area contributed by atoms with Gasteiger partial charge in [0.05, 0.1) is 20.3 Å². The molecular formula is C23H36IN7O2. The monoisotopic (exact) mass is 569 g/mol. The van der Waals surface area contributed by atoms with Gasteiger partial charge in [0.25, 0.3) is 0 Å². The lowest BCUT2D eigenvalue weighted by Crippen LogP contribution is -2.45. The van der Waals surface area contributed by atoms with Gasteiger partial charge in [-0.1, -0.05) is 12.1 Å². The second-order valence-electron chi connectivity index (χ2n) is 8.45. The number of nitrogens with zero attached hydrogens (tertiary/aromatic N) is 6. The zero-order chi connectivity index (χ0) is 22.3. The molecule has 3 heterocycles. The maximum Gasteiger partial charge on any atom is 0.194 e. The molecule has 0 aliphatic carbocycles. The molecule has 2 aliphatic rings. The van der Waals surface area contributed by atoms with Gasteiger partial charge in [-0.05, 0) is 31.0 Å². The first-order valence-corrected chi connectivity index (χ1v) is 11.5. The Hall–Kier alpha value is -1.92. The average Bonchev–Trinajstić information content (AvgIpc) is 3.44. The normalized spacial score (nSPS) is 19.4. The first-order chi connectivity index (χ1) is 15.6. The van der Waals surface area contributed by atoms with Crippen LogP contribution in [0.4, 0.5) is 0 Å². The quantitative estimate of drug-likeness (QED) is 0.311. The van der Waals surface area contributed by atoms with Crippen LogP contribution in [0.1, 0.15) is 29.6 Å². The van der Waals surface area contributed by atoms with Crippen LogP contribution in [0.2, 0.25) is 0 Å². The van der Waals surface area contributed by atoms with Crippen molar-refractivity contribution in [1.29, 1.82) is 0 Å². The van der Waals surface area contributed by atoms with Crippen LogP contribution in [0.25, 0.3) is 0 Å². The molecule has 0 radical (unpaired) electrons. The summed E-state index contributed by atoms with van der Waals surface area (Å²) in [6, 6.07) is 8.45. The lowest BCUT2D eigenvalue weighted by atomic mass is 9.98. The molecule has 1 atom stereocenters. The maximum atomic E-state index is 5.46. The number of aromatic nitrogens is 3. The summed E-state index contributed by atoms with van der Waals surface area (Å²) < 4.78 is 12.8. The number of halogens is 1. The number of hydrogen-bond donors (Lipinski definition) is 1. The van der Waals surface area contributed by atoms with E-state index in [4.69, 9.17) is 14.5 Å². The fraction of sp³-hybridized carbons (Fsp3) is 0.609. The van der Waals surface area contributed by atoms with Crippen molar-refractivity contribution in [3.63, 3.8) is 0 Å². The zero-order valence-electron chi connectivity index (χ0n) is 19.9. The number of morpholine rings is 1. The van der Waals surface area contributed by atoms with Gasteiger partial charge >= 0.3 is 0 Å². The Bertz CT molecular complexity index is 897. The predicted octanol–water partition coefficient (Wildman–Crippen LogP) is 2.02. The standard InChI is InChI=1S/C23H35N7O2.HI/c1-18-26-27-22(28(18)2)16-25-23(24-9-11-29-12-14-32-15-13-29)30-10-8-20(17-30)19-4-6-21(31-3)7-5-19;/h4-7,20H,8-17H2,1-3H3,(H,24,25);1H. The summed E-state index contributed by atoms with van der Waals surface area (Å²) in [6.07, 6.45) is 1.11. The van der Waals surface area contributed by atoms with Gasteiger partial charge in [0, 0.05) is 52.2 Å². The van der Waals surface area contributed by atoms with Crippen LogP contribution in [0, 0.1) is 6.92 Å². The molecule has 182 valence electrons. The number of hydrogen-bond acceptors (Lipinski definition) is 6. The maximum absolute atomic E-state index is 5.46. The van der Waals surface area contributed by atoms with Gasteiger partial charge < -0.3 is 24.3 Å². The number of ether oxygens (including phenoxy) is 2. The molecule has 1 aromatic heterocycles. The van der Waals surface area contributed by atoms with E-state index < -0.39 is 0 Å². The Labute approximate surface area is 213 Å². The van der Waals surface area contributed by atoms with Gasteiger partial charge in [-0.3, -0.25) is 4.90 Å². The minimum Gasteiger partial charge on any atom is -0.497 e. The Balaban J connectivity index is 0.00000306. The van der Waals surface area contributed by atoms with E-state index in [0.29, 0.717) is 12.5 Å². The Morgan fingerprint density at radius 3 is 2.61 bits per heavy atom. The number of aliphatic imine (C=N–C) groups is 1. The van der Waals surface area contributed by atoms with Gasteiger partial charge in [0.2, 0.25) is 0 Å². The Morgan fingerprint density at radius 2 is 1.94 bits per heavy atom. The van der Waals surface area contributed by atoms with Crippen molar-refractivity contribution >= 4 is 29.9 Å². The summed E-state index contributed by atoms with van der Waals surface area (Å²) in [5, 5.41) is 12.0. The summed E-state index contributed by atoms with van der Waals surface area (Å²) in [5.74, 6) is 4.12. The molecule has 0 amide bonds. The number of likely N-dealkylation sites (tertiary alicyclic amines) is 1. The topological polar surface area (TPSA) is 80.0 Å². The molecular weight excluding hydrogens is 533 g/mol. The molecule has 9 nitrogen and oxygen atoms in total. The van der Waals surface area contributed by atoms with Crippen LogP contribution < -0.4 is 10.1 Å². The van der Waals surface area contributed by atoms with Crippen LogP contribution in [0.5, 0.6) is 5.75 Å². The number of aryl methyl sites for hydroxylation is 1. The molecule has 2 saturated heterocycles. The molecule has 4 rings (SSSR count). The molecule has 1 N–H and O–H groups in total. The summed E-state index contributed by atoms with van der Waals surface area (Å²) in [4.78, 5) is 9.74. The zero-order valence-corrected chi connectivity index (χ0v) is 22.2. The van der Waals surface area contributed by atoms with Crippen LogP contribution in [-0.4, -0.2) is 90.1 Å². The highest BCUT2D eigenvalue weighted by Gasteiger charge is 2.26. The summed E-state index contributed by atoms with van der Waals surface area (Å²) in [5.41, 5.74) is 1.35. The van der Waals surface area contributed by atoms with Crippen molar-refractivity contribution in [3.05, 3.63) is 41.5 Å². The number of guanidine groups is 1. The van der Waals surface area contributed by atoms with Gasteiger partial charge in [0.15, 0.2) is 11.8 Å². The van der Waals surface area contributed by atoms with Crippen molar-refractivity contribution < 1.29 is 9.47 Å². The molecule has 1 aromatic carbocycles. The fourth-order valence-electron chi connectivity index (χ4n) is 4.25. The Morgan fingerprint density at radius 1 is 1.18 bits per heavy atom.